The number of rotatable bonds is 14. The Morgan fingerprint density at radius 1 is 0.921 bits per heavy atom. The van der Waals surface area contributed by atoms with Crippen molar-refractivity contribution in [3.8, 4) is 0 Å². The lowest BCUT2D eigenvalue weighted by Gasteiger charge is -2.23. The van der Waals surface area contributed by atoms with Crippen LogP contribution in [0.3, 0.4) is 0 Å². The Hall–Kier alpha value is -3.67. The van der Waals surface area contributed by atoms with Crippen molar-refractivity contribution < 1.29 is 38.2 Å². The van der Waals surface area contributed by atoms with Crippen molar-refractivity contribution in [3.63, 3.8) is 0 Å². The van der Waals surface area contributed by atoms with Gasteiger partial charge in [0.15, 0.2) is 0 Å². The number of ether oxygens (including phenoxy) is 3. The number of alkyl carbamates (subject to hydrolysis) is 1. The zero-order valence-corrected chi connectivity index (χ0v) is 22.9. The maximum Gasteiger partial charge on any atom is 0.407 e. The normalized spacial score (nSPS) is 14.3. The van der Waals surface area contributed by atoms with Crippen LogP contribution in [-0.4, -0.2) is 66.2 Å². The molecule has 0 saturated carbocycles. The third-order valence-electron chi connectivity index (χ3n) is 5.02. The molecule has 12 nitrogen and oxygen atoms in total. The molecule has 4 amide bonds. The van der Waals surface area contributed by atoms with Crippen molar-refractivity contribution in [1.29, 1.82) is 0 Å². The Balaban J connectivity index is 2.44. The van der Waals surface area contributed by atoms with Gasteiger partial charge in [0.25, 0.3) is 0 Å². The van der Waals surface area contributed by atoms with Crippen LogP contribution in [0, 0.1) is 0 Å². The maximum atomic E-state index is 12.5. The van der Waals surface area contributed by atoms with E-state index in [0.29, 0.717) is 0 Å². The van der Waals surface area contributed by atoms with Crippen LogP contribution >= 0.6 is 0 Å². The number of esters is 1. The zero-order valence-electron chi connectivity index (χ0n) is 22.9. The van der Waals surface area contributed by atoms with E-state index in [-0.39, 0.29) is 26.1 Å². The van der Waals surface area contributed by atoms with Crippen LogP contribution in [0.4, 0.5) is 4.79 Å². The van der Waals surface area contributed by atoms with Crippen LogP contribution in [0.25, 0.3) is 0 Å². The van der Waals surface area contributed by atoms with E-state index in [0.717, 1.165) is 5.56 Å². The molecule has 4 atom stereocenters. The van der Waals surface area contributed by atoms with E-state index in [2.05, 4.69) is 16.0 Å². The van der Waals surface area contributed by atoms with E-state index in [4.69, 9.17) is 19.9 Å². The number of nitrogens with two attached hydrogens (primary N) is 1. The van der Waals surface area contributed by atoms with Crippen molar-refractivity contribution in [2.75, 3.05) is 6.61 Å². The average Bonchev–Trinajstić information content (AvgIpc) is 2.82. The molecule has 0 spiro atoms. The monoisotopic (exact) mass is 536 g/mol. The number of carbonyl (C=O) groups is 5. The summed E-state index contributed by atoms with van der Waals surface area (Å²) in [5.74, 6) is -2.60. The van der Waals surface area contributed by atoms with Crippen LogP contribution in [0.1, 0.15) is 59.9 Å². The third-order valence-corrected chi connectivity index (χ3v) is 5.02. The Labute approximate surface area is 223 Å². The average molecular weight is 537 g/mol. The molecule has 0 aromatic heterocycles. The Bertz CT molecular complexity index is 948. The minimum Gasteiger partial charge on any atom is -0.461 e. The second-order valence-corrected chi connectivity index (χ2v) is 9.90. The highest BCUT2D eigenvalue weighted by atomic mass is 16.6. The molecule has 0 aliphatic rings. The molecule has 212 valence electrons. The molecule has 0 fully saturated rings. The molecule has 1 aromatic carbocycles. The molecular weight excluding hydrogens is 496 g/mol. The summed E-state index contributed by atoms with van der Waals surface area (Å²) in [6, 6.07) is 6.52. The maximum absolute atomic E-state index is 12.5. The van der Waals surface area contributed by atoms with E-state index in [9.17, 15) is 24.0 Å². The summed E-state index contributed by atoms with van der Waals surface area (Å²) >= 11 is 0. The summed E-state index contributed by atoms with van der Waals surface area (Å²) in [4.78, 5) is 60.6. The first-order valence-electron chi connectivity index (χ1n) is 12.4. The highest BCUT2D eigenvalue weighted by Crippen LogP contribution is 2.07. The summed E-state index contributed by atoms with van der Waals surface area (Å²) in [7, 11) is 0. The van der Waals surface area contributed by atoms with E-state index in [1.165, 1.54) is 13.8 Å². The fourth-order valence-corrected chi connectivity index (χ4v) is 2.97. The number of carbonyl (C=O) groups excluding carboxylic acids is 5. The first-order valence-corrected chi connectivity index (χ1v) is 12.4. The topological polar surface area (TPSA) is 175 Å². The Morgan fingerprint density at radius 2 is 1.55 bits per heavy atom. The fraction of sp³-hybridized carbons (Fsp3) is 0.577. The number of primary amides is 1. The second-order valence-electron chi connectivity index (χ2n) is 9.90. The quantitative estimate of drug-likeness (QED) is 0.257. The molecule has 0 heterocycles. The predicted octanol–water partition coefficient (Wildman–Crippen LogP) is 1.30. The van der Waals surface area contributed by atoms with E-state index in [1.807, 2.05) is 30.3 Å². The first kappa shape index (κ1) is 32.4. The molecule has 0 radical (unpaired) electrons. The highest BCUT2D eigenvalue weighted by Gasteiger charge is 2.26. The van der Waals surface area contributed by atoms with Gasteiger partial charge in [0, 0.05) is 6.42 Å². The minimum atomic E-state index is -1.13. The van der Waals surface area contributed by atoms with Gasteiger partial charge in [0.2, 0.25) is 17.7 Å². The Kier molecular flexibility index (Phi) is 13.2. The number of hydrogen-bond acceptors (Lipinski definition) is 8. The summed E-state index contributed by atoms with van der Waals surface area (Å²) < 4.78 is 15.8. The van der Waals surface area contributed by atoms with Gasteiger partial charge >= 0.3 is 12.1 Å². The van der Waals surface area contributed by atoms with Crippen molar-refractivity contribution in [2.24, 2.45) is 5.73 Å². The minimum absolute atomic E-state index is 0.0263. The summed E-state index contributed by atoms with van der Waals surface area (Å²) in [5, 5.41) is 7.53. The van der Waals surface area contributed by atoms with Gasteiger partial charge in [-0.05, 0) is 53.5 Å². The van der Waals surface area contributed by atoms with Crippen LogP contribution in [0.2, 0.25) is 0 Å². The summed E-state index contributed by atoms with van der Waals surface area (Å²) in [5.41, 5.74) is 5.54. The number of amides is 4. The van der Waals surface area contributed by atoms with Crippen LogP contribution < -0.4 is 21.7 Å². The molecule has 0 bridgehead atoms. The number of benzene rings is 1. The van der Waals surface area contributed by atoms with Gasteiger partial charge < -0.3 is 35.9 Å². The van der Waals surface area contributed by atoms with Gasteiger partial charge in [-0.3, -0.25) is 19.2 Å². The van der Waals surface area contributed by atoms with Gasteiger partial charge in [0.1, 0.15) is 30.4 Å². The van der Waals surface area contributed by atoms with Crippen molar-refractivity contribution in [1.82, 2.24) is 16.0 Å². The fourth-order valence-electron chi connectivity index (χ4n) is 2.97. The standard InChI is InChI=1S/C26H40N4O8/c1-16(28-25(35)38-26(4,5)6)14-36-18(3)24(34)29-17(2)23(33)30-20(22(27)32)12-13-21(31)37-15-19-10-8-7-9-11-19/h7-11,16-18,20H,12-15H2,1-6H3,(H2,27,32)(H,28,35)(H,29,34)(H,30,33)/t16-,17-,18-,20+/m0/s1. The lowest BCUT2D eigenvalue weighted by Crippen LogP contribution is -2.53. The molecule has 0 aliphatic heterocycles. The van der Waals surface area contributed by atoms with E-state index >= 15 is 0 Å². The van der Waals surface area contributed by atoms with Crippen LogP contribution in [-0.2, 0) is 40.0 Å². The van der Waals surface area contributed by atoms with Gasteiger partial charge in [-0.2, -0.15) is 0 Å². The summed E-state index contributed by atoms with van der Waals surface area (Å²) in [6.07, 6.45) is -1.73. The van der Waals surface area contributed by atoms with Crippen LogP contribution in [0.15, 0.2) is 30.3 Å². The molecule has 1 rings (SSSR count). The van der Waals surface area contributed by atoms with Crippen LogP contribution in [0.5, 0.6) is 0 Å². The second kappa shape index (κ2) is 15.6. The molecule has 12 heteroatoms. The molecule has 0 unspecified atom stereocenters. The molecule has 0 aliphatic carbocycles. The van der Waals surface area contributed by atoms with Crippen molar-refractivity contribution >= 4 is 29.8 Å². The number of nitrogens with one attached hydrogen (secondary N) is 3. The van der Waals surface area contributed by atoms with Gasteiger partial charge in [-0.1, -0.05) is 30.3 Å². The van der Waals surface area contributed by atoms with E-state index in [1.54, 1.807) is 27.7 Å². The smallest absolute Gasteiger partial charge is 0.407 e. The molecule has 38 heavy (non-hydrogen) atoms. The Morgan fingerprint density at radius 3 is 2.13 bits per heavy atom. The van der Waals surface area contributed by atoms with Gasteiger partial charge in [0.05, 0.1) is 12.6 Å². The highest BCUT2D eigenvalue weighted by molar-refractivity contribution is 5.92. The van der Waals surface area contributed by atoms with E-state index < -0.39 is 59.6 Å². The largest absolute Gasteiger partial charge is 0.461 e. The van der Waals surface area contributed by atoms with Gasteiger partial charge in [-0.15, -0.1) is 0 Å². The lowest BCUT2D eigenvalue weighted by atomic mass is 10.1. The van der Waals surface area contributed by atoms with Crippen molar-refractivity contribution in [3.05, 3.63) is 35.9 Å². The lowest BCUT2D eigenvalue weighted by molar-refractivity contribution is -0.145. The number of hydrogen-bond donors (Lipinski definition) is 4. The molecule has 5 N–H and O–H groups in total. The van der Waals surface area contributed by atoms with Gasteiger partial charge in [-0.25, -0.2) is 4.79 Å². The predicted molar refractivity (Wildman–Crippen MR) is 138 cm³/mol. The van der Waals surface area contributed by atoms with Crippen molar-refractivity contribution in [2.45, 2.75) is 90.8 Å². The molecular formula is C26H40N4O8. The molecule has 0 saturated heterocycles. The first-order chi connectivity index (χ1) is 17.7. The zero-order chi connectivity index (χ0) is 28.9. The SMILES string of the molecule is C[C@H](NC(=O)[C@H](C)OC[C@H](C)NC(=O)OC(C)(C)C)C(=O)N[C@H](CCC(=O)OCc1ccccc1)C(N)=O. The third kappa shape index (κ3) is 13.6. The molecule has 1 aromatic rings. The summed E-state index contributed by atoms with van der Waals surface area (Å²) in [6.45, 7) is 9.95.